The van der Waals surface area contributed by atoms with E-state index in [-0.39, 0.29) is 11.1 Å². The second-order valence-corrected chi connectivity index (χ2v) is 5.03. The number of carbonyl (C=O) groups is 1. The highest BCUT2D eigenvalue weighted by molar-refractivity contribution is 6.30. The maximum Gasteiger partial charge on any atom is 0.255 e. The monoisotopic (exact) mass is 310 g/mol. The minimum absolute atomic E-state index is 0.260. The van der Waals surface area contributed by atoms with Gasteiger partial charge in [0.2, 0.25) is 0 Å². The Hall–Kier alpha value is -1.85. The standard InChI is InChI=1S/C13H12Cl2N4O/c1-19(2)12-6-8(5-11(15)18-12)13(20)17-9-3-4-10(14)16-7-9/h3-7H,1-2H3,(H,17,20). The Balaban J connectivity index is 2.22. The minimum Gasteiger partial charge on any atom is -0.363 e. The summed E-state index contributed by atoms with van der Waals surface area (Å²) in [5.74, 6) is 0.318. The average Bonchev–Trinajstić information content (AvgIpc) is 2.40. The Morgan fingerprint density at radius 2 is 1.95 bits per heavy atom. The number of carbonyl (C=O) groups excluding carboxylic acids is 1. The fraction of sp³-hybridized carbons (Fsp3) is 0.154. The molecular weight excluding hydrogens is 299 g/mol. The van der Waals surface area contributed by atoms with Crippen LogP contribution in [-0.2, 0) is 0 Å². The van der Waals surface area contributed by atoms with Crippen LogP contribution in [-0.4, -0.2) is 30.0 Å². The van der Waals surface area contributed by atoms with Crippen LogP contribution >= 0.6 is 23.2 Å². The van der Waals surface area contributed by atoms with Gasteiger partial charge < -0.3 is 10.2 Å². The Morgan fingerprint density at radius 3 is 2.55 bits per heavy atom. The SMILES string of the molecule is CN(C)c1cc(C(=O)Nc2ccc(Cl)nc2)cc(Cl)n1. The molecule has 104 valence electrons. The number of amides is 1. The van der Waals surface area contributed by atoms with Gasteiger partial charge in [0.25, 0.3) is 5.91 Å². The molecule has 0 unspecified atom stereocenters. The number of hydrogen-bond acceptors (Lipinski definition) is 4. The van der Waals surface area contributed by atoms with Crippen LogP contribution in [0.5, 0.6) is 0 Å². The van der Waals surface area contributed by atoms with Crippen molar-refractivity contribution in [3.8, 4) is 0 Å². The number of aromatic nitrogens is 2. The molecule has 0 saturated carbocycles. The fourth-order valence-corrected chi connectivity index (χ4v) is 1.81. The Labute approximate surface area is 126 Å². The summed E-state index contributed by atoms with van der Waals surface area (Å²) in [5, 5.41) is 3.34. The van der Waals surface area contributed by atoms with Crippen LogP contribution in [0.1, 0.15) is 10.4 Å². The quantitative estimate of drug-likeness (QED) is 0.885. The number of hydrogen-bond donors (Lipinski definition) is 1. The maximum atomic E-state index is 12.1. The van der Waals surface area contributed by atoms with Crippen molar-refractivity contribution in [2.75, 3.05) is 24.3 Å². The first kappa shape index (κ1) is 14.6. The molecule has 0 radical (unpaired) electrons. The van der Waals surface area contributed by atoms with Gasteiger partial charge in [0.15, 0.2) is 0 Å². The van der Waals surface area contributed by atoms with Crippen LogP contribution in [0, 0.1) is 0 Å². The summed E-state index contributed by atoms with van der Waals surface area (Å²) in [6.07, 6.45) is 1.48. The van der Waals surface area contributed by atoms with Gasteiger partial charge in [-0.1, -0.05) is 23.2 Å². The summed E-state index contributed by atoms with van der Waals surface area (Å²) in [4.78, 5) is 21.9. The Morgan fingerprint density at radius 1 is 1.20 bits per heavy atom. The number of nitrogens with one attached hydrogen (secondary N) is 1. The maximum absolute atomic E-state index is 12.1. The van der Waals surface area contributed by atoms with Crippen molar-refractivity contribution in [3.05, 3.63) is 46.3 Å². The molecule has 1 N–H and O–H groups in total. The molecular formula is C13H12Cl2N4O. The number of halogens is 2. The normalized spacial score (nSPS) is 10.2. The smallest absolute Gasteiger partial charge is 0.255 e. The molecule has 0 fully saturated rings. The predicted molar refractivity (Wildman–Crippen MR) is 80.8 cm³/mol. The lowest BCUT2D eigenvalue weighted by Crippen LogP contribution is -2.15. The van der Waals surface area contributed by atoms with Crippen LogP contribution in [0.25, 0.3) is 0 Å². The van der Waals surface area contributed by atoms with Crippen LogP contribution < -0.4 is 10.2 Å². The highest BCUT2D eigenvalue weighted by Gasteiger charge is 2.11. The van der Waals surface area contributed by atoms with Crippen molar-refractivity contribution in [2.24, 2.45) is 0 Å². The van der Waals surface area contributed by atoms with Crippen molar-refractivity contribution in [2.45, 2.75) is 0 Å². The molecule has 0 atom stereocenters. The molecule has 0 aliphatic carbocycles. The lowest BCUT2D eigenvalue weighted by molar-refractivity contribution is 0.102. The predicted octanol–water partition coefficient (Wildman–Crippen LogP) is 3.10. The molecule has 2 heterocycles. The molecule has 1 amide bonds. The first-order valence-corrected chi connectivity index (χ1v) is 6.49. The number of nitrogens with zero attached hydrogens (tertiary/aromatic N) is 3. The Kier molecular flexibility index (Phi) is 4.42. The van der Waals surface area contributed by atoms with E-state index in [1.165, 1.54) is 12.3 Å². The summed E-state index contributed by atoms with van der Waals surface area (Å²) in [7, 11) is 3.65. The van der Waals surface area contributed by atoms with E-state index in [1.54, 1.807) is 23.1 Å². The van der Waals surface area contributed by atoms with Crippen molar-refractivity contribution >= 4 is 40.6 Å². The van der Waals surface area contributed by atoms with Crippen LogP contribution in [0.4, 0.5) is 11.5 Å². The average molecular weight is 311 g/mol. The summed E-state index contributed by atoms with van der Waals surface area (Å²) in [5.41, 5.74) is 0.974. The van der Waals surface area contributed by atoms with Crippen molar-refractivity contribution in [1.29, 1.82) is 0 Å². The summed E-state index contributed by atoms with van der Waals surface area (Å²) in [6.45, 7) is 0. The lowest BCUT2D eigenvalue weighted by atomic mass is 10.2. The third-order valence-electron chi connectivity index (χ3n) is 2.49. The van der Waals surface area contributed by atoms with Crippen LogP contribution in [0.2, 0.25) is 10.3 Å². The second-order valence-electron chi connectivity index (χ2n) is 4.25. The number of rotatable bonds is 3. The first-order chi connectivity index (χ1) is 9.45. The molecule has 0 bridgehead atoms. The van der Waals surface area contributed by atoms with Crippen LogP contribution in [0.15, 0.2) is 30.5 Å². The molecule has 0 aliphatic rings. The topological polar surface area (TPSA) is 58.1 Å². The zero-order valence-electron chi connectivity index (χ0n) is 10.9. The largest absolute Gasteiger partial charge is 0.363 e. The zero-order chi connectivity index (χ0) is 14.7. The van der Waals surface area contributed by atoms with Gasteiger partial charge in [0.05, 0.1) is 11.9 Å². The van der Waals surface area contributed by atoms with E-state index in [4.69, 9.17) is 23.2 Å². The first-order valence-electron chi connectivity index (χ1n) is 5.73. The van der Waals surface area contributed by atoms with Gasteiger partial charge in [0.1, 0.15) is 16.1 Å². The molecule has 5 nitrogen and oxygen atoms in total. The molecule has 0 aliphatic heterocycles. The molecule has 2 aromatic rings. The van der Waals surface area contributed by atoms with E-state index in [0.717, 1.165) is 0 Å². The van der Waals surface area contributed by atoms with Gasteiger partial charge >= 0.3 is 0 Å². The van der Waals surface area contributed by atoms with E-state index < -0.39 is 0 Å². The summed E-state index contributed by atoms with van der Waals surface area (Å²) >= 11 is 11.6. The second kappa shape index (κ2) is 6.07. The number of pyridine rings is 2. The van der Waals surface area contributed by atoms with E-state index >= 15 is 0 Å². The van der Waals surface area contributed by atoms with Gasteiger partial charge in [-0.2, -0.15) is 0 Å². The molecule has 2 aromatic heterocycles. The highest BCUT2D eigenvalue weighted by Crippen LogP contribution is 2.18. The summed E-state index contributed by atoms with van der Waals surface area (Å²) < 4.78 is 0. The van der Waals surface area contributed by atoms with Crippen molar-refractivity contribution < 1.29 is 4.79 Å². The third-order valence-corrected chi connectivity index (χ3v) is 2.90. The van der Waals surface area contributed by atoms with E-state index in [2.05, 4.69) is 15.3 Å². The Bertz CT molecular complexity index is 629. The van der Waals surface area contributed by atoms with Crippen molar-refractivity contribution in [3.63, 3.8) is 0 Å². The van der Waals surface area contributed by atoms with Crippen LogP contribution in [0.3, 0.4) is 0 Å². The van der Waals surface area contributed by atoms with Gasteiger partial charge in [-0.3, -0.25) is 4.79 Å². The molecule has 0 aromatic carbocycles. The third kappa shape index (κ3) is 3.59. The molecule has 2 rings (SSSR count). The summed E-state index contributed by atoms with van der Waals surface area (Å²) in [6, 6.07) is 6.43. The van der Waals surface area contributed by atoms with E-state index in [1.807, 2.05) is 14.1 Å². The van der Waals surface area contributed by atoms with Crippen molar-refractivity contribution in [1.82, 2.24) is 9.97 Å². The van der Waals surface area contributed by atoms with Gasteiger partial charge in [-0.15, -0.1) is 0 Å². The molecule has 0 saturated heterocycles. The molecule has 0 spiro atoms. The van der Waals surface area contributed by atoms with E-state index in [9.17, 15) is 4.79 Å². The molecule has 7 heteroatoms. The highest BCUT2D eigenvalue weighted by atomic mass is 35.5. The lowest BCUT2D eigenvalue weighted by Gasteiger charge is -2.13. The minimum atomic E-state index is -0.290. The molecule has 20 heavy (non-hydrogen) atoms. The fourth-order valence-electron chi connectivity index (χ4n) is 1.50. The zero-order valence-corrected chi connectivity index (χ0v) is 12.4. The van der Waals surface area contributed by atoms with Gasteiger partial charge in [-0.05, 0) is 24.3 Å². The van der Waals surface area contributed by atoms with Gasteiger partial charge in [0, 0.05) is 19.7 Å². The van der Waals surface area contributed by atoms with E-state index in [0.29, 0.717) is 22.2 Å². The number of anilines is 2. The van der Waals surface area contributed by atoms with Gasteiger partial charge in [-0.25, -0.2) is 9.97 Å².